The molecule has 0 atom stereocenters. The molecule has 0 unspecified atom stereocenters. The van der Waals surface area contributed by atoms with Crippen LogP contribution in [0.15, 0.2) is 21.2 Å². The van der Waals surface area contributed by atoms with Gasteiger partial charge in [0.05, 0.1) is 6.54 Å². The first kappa shape index (κ1) is 19.9. The molecule has 0 fully saturated rings. The molecule has 0 aliphatic rings. The van der Waals surface area contributed by atoms with Crippen LogP contribution in [0.25, 0.3) is 11.2 Å². The monoisotopic (exact) mass is 398 g/mol. The van der Waals surface area contributed by atoms with Gasteiger partial charge in [0.2, 0.25) is 5.95 Å². The van der Waals surface area contributed by atoms with Gasteiger partial charge in [0.1, 0.15) is 0 Å². The lowest BCUT2D eigenvalue weighted by Crippen LogP contribution is -2.23. The molecule has 0 radical (unpaired) electrons. The van der Waals surface area contributed by atoms with Gasteiger partial charge in [-0.05, 0) is 38.6 Å². The van der Waals surface area contributed by atoms with Gasteiger partial charge in [0, 0.05) is 31.5 Å². The van der Waals surface area contributed by atoms with Crippen LogP contribution >= 0.6 is 11.8 Å². The molecule has 3 N–H and O–H groups in total. The van der Waals surface area contributed by atoms with Crippen LogP contribution in [0.5, 0.6) is 0 Å². The highest BCUT2D eigenvalue weighted by Gasteiger charge is 2.19. The fourth-order valence-electron chi connectivity index (χ4n) is 2.68. The standard InChI is InChI=1S/C18H22N8OS/c1-5-6-9-26-13-14(23-16(26)20-8-7-19)24-18(25(4)15(13)27)28-17-21-11(2)10-12(3)22-17/h10H,7-9,19H2,1-4H3,(H,20,23). The van der Waals surface area contributed by atoms with Gasteiger partial charge >= 0.3 is 0 Å². The van der Waals surface area contributed by atoms with Crippen molar-refractivity contribution in [2.45, 2.75) is 37.6 Å². The molecule has 3 heterocycles. The minimum atomic E-state index is -0.205. The zero-order valence-electron chi connectivity index (χ0n) is 16.3. The Kier molecular flexibility index (Phi) is 5.96. The number of anilines is 1. The zero-order chi connectivity index (χ0) is 20.3. The molecule has 3 aromatic heterocycles. The summed E-state index contributed by atoms with van der Waals surface area (Å²) in [6.45, 7) is 6.87. The molecule has 3 rings (SSSR count). The minimum absolute atomic E-state index is 0.205. The van der Waals surface area contributed by atoms with Crippen molar-refractivity contribution in [1.29, 1.82) is 0 Å². The van der Waals surface area contributed by atoms with Gasteiger partial charge in [-0.3, -0.25) is 13.9 Å². The van der Waals surface area contributed by atoms with Crippen LogP contribution in [-0.2, 0) is 13.6 Å². The van der Waals surface area contributed by atoms with Crippen LogP contribution < -0.4 is 16.6 Å². The number of hydrogen-bond donors (Lipinski definition) is 2. The van der Waals surface area contributed by atoms with Crippen molar-refractivity contribution in [3.8, 4) is 11.8 Å². The maximum Gasteiger partial charge on any atom is 0.280 e. The number of hydrogen-bond acceptors (Lipinski definition) is 8. The number of aryl methyl sites for hydroxylation is 2. The highest BCUT2D eigenvalue weighted by molar-refractivity contribution is 7.99. The predicted molar refractivity (Wildman–Crippen MR) is 109 cm³/mol. The summed E-state index contributed by atoms with van der Waals surface area (Å²) in [4.78, 5) is 30.9. The third kappa shape index (κ3) is 4.00. The average molecular weight is 398 g/mol. The minimum Gasteiger partial charge on any atom is -0.354 e. The van der Waals surface area contributed by atoms with E-state index in [1.165, 1.54) is 16.3 Å². The summed E-state index contributed by atoms with van der Waals surface area (Å²) < 4.78 is 3.22. The number of aromatic nitrogens is 6. The molecule has 146 valence electrons. The van der Waals surface area contributed by atoms with E-state index in [-0.39, 0.29) is 5.56 Å². The predicted octanol–water partition coefficient (Wildman–Crippen LogP) is 1.08. The number of nitrogens with one attached hydrogen (secondary N) is 1. The maximum atomic E-state index is 13.1. The molecule has 0 aliphatic heterocycles. The summed E-state index contributed by atoms with van der Waals surface area (Å²) in [5.74, 6) is 6.34. The Morgan fingerprint density at radius 1 is 1.21 bits per heavy atom. The Balaban J connectivity index is 2.12. The molecular formula is C18H22N8OS. The quantitative estimate of drug-likeness (QED) is 0.468. The molecule has 0 aliphatic carbocycles. The van der Waals surface area contributed by atoms with Crippen LogP contribution in [0.3, 0.4) is 0 Å². The van der Waals surface area contributed by atoms with Crippen molar-refractivity contribution >= 4 is 28.9 Å². The topological polar surface area (TPSA) is 117 Å². The molecule has 0 bridgehead atoms. The van der Waals surface area contributed by atoms with E-state index in [4.69, 9.17) is 5.73 Å². The molecule has 0 saturated heterocycles. The fourth-order valence-corrected chi connectivity index (χ4v) is 3.58. The SMILES string of the molecule is CC#CCn1c(NCCN)nc2nc(Sc3nc(C)cc(C)n3)n(C)c(=O)c21. The molecule has 9 nitrogen and oxygen atoms in total. The third-order valence-corrected chi connectivity index (χ3v) is 4.84. The lowest BCUT2D eigenvalue weighted by Gasteiger charge is -2.08. The highest BCUT2D eigenvalue weighted by atomic mass is 32.2. The average Bonchev–Trinajstić information content (AvgIpc) is 2.99. The van der Waals surface area contributed by atoms with Crippen molar-refractivity contribution in [2.24, 2.45) is 12.8 Å². The molecule has 0 aromatic carbocycles. The highest BCUT2D eigenvalue weighted by Crippen LogP contribution is 2.24. The van der Waals surface area contributed by atoms with Crippen molar-refractivity contribution in [3.05, 3.63) is 27.8 Å². The fraction of sp³-hybridized carbons (Fsp3) is 0.389. The van der Waals surface area contributed by atoms with Gasteiger partial charge in [-0.25, -0.2) is 15.0 Å². The van der Waals surface area contributed by atoms with E-state index in [9.17, 15) is 4.79 Å². The lowest BCUT2D eigenvalue weighted by molar-refractivity contribution is 0.713. The van der Waals surface area contributed by atoms with Gasteiger partial charge in [-0.2, -0.15) is 4.98 Å². The van der Waals surface area contributed by atoms with Crippen LogP contribution in [0, 0.1) is 25.7 Å². The molecular weight excluding hydrogens is 376 g/mol. The summed E-state index contributed by atoms with van der Waals surface area (Å²) in [6.07, 6.45) is 0. The van der Waals surface area contributed by atoms with E-state index in [0.29, 0.717) is 47.1 Å². The molecule has 0 spiro atoms. The largest absolute Gasteiger partial charge is 0.354 e. The smallest absolute Gasteiger partial charge is 0.280 e. The van der Waals surface area contributed by atoms with Gasteiger partial charge in [-0.15, -0.1) is 5.92 Å². The second-order valence-electron chi connectivity index (χ2n) is 6.13. The molecule has 28 heavy (non-hydrogen) atoms. The van der Waals surface area contributed by atoms with Crippen molar-refractivity contribution in [3.63, 3.8) is 0 Å². The molecule has 0 saturated carbocycles. The van der Waals surface area contributed by atoms with Crippen LogP contribution in [0.1, 0.15) is 18.3 Å². The van der Waals surface area contributed by atoms with Crippen molar-refractivity contribution in [1.82, 2.24) is 29.1 Å². The number of fused-ring (bicyclic) bond motifs is 1. The Bertz CT molecular complexity index is 1120. The normalized spacial score (nSPS) is 10.8. The number of imidazole rings is 1. The Labute approximate surface area is 166 Å². The summed E-state index contributed by atoms with van der Waals surface area (Å²) >= 11 is 1.23. The Morgan fingerprint density at radius 2 is 1.93 bits per heavy atom. The zero-order valence-corrected chi connectivity index (χ0v) is 17.1. The van der Waals surface area contributed by atoms with E-state index in [1.54, 1.807) is 18.5 Å². The van der Waals surface area contributed by atoms with E-state index < -0.39 is 0 Å². The first-order valence-corrected chi connectivity index (χ1v) is 9.57. The van der Waals surface area contributed by atoms with E-state index in [2.05, 4.69) is 37.1 Å². The van der Waals surface area contributed by atoms with E-state index in [0.717, 1.165) is 11.4 Å². The van der Waals surface area contributed by atoms with Crippen molar-refractivity contribution in [2.75, 3.05) is 18.4 Å². The van der Waals surface area contributed by atoms with Crippen LogP contribution in [-0.4, -0.2) is 42.2 Å². The number of nitrogens with zero attached hydrogens (tertiary/aromatic N) is 6. The van der Waals surface area contributed by atoms with E-state index >= 15 is 0 Å². The first-order valence-electron chi connectivity index (χ1n) is 8.75. The molecule has 3 aromatic rings. The Morgan fingerprint density at radius 3 is 2.57 bits per heavy atom. The Hall–Kier alpha value is -2.90. The van der Waals surface area contributed by atoms with Gasteiger partial charge in [-0.1, -0.05) is 5.92 Å². The van der Waals surface area contributed by atoms with Gasteiger partial charge in [0.25, 0.3) is 5.56 Å². The summed E-state index contributed by atoms with van der Waals surface area (Å²) in [6, 6.07) is 1.89. The summed E-state index contributed by atoms with van der Waals surface area (Å²) in [5, 5.41) is 4.14. The number of nitrogens with two attached hydrogens (primary N) is 1. The van der Waals surface area contributed by atoms with Crippen LogP contribution in [0.2, 0.25) is 0 Å². The van der Waals surface area contributed by atoms with Crippen LogP contribution in [0.4, 0.5) is 5.95 Å². The van der Waals surface area contributed by atoms with Crippen molar-refractivity contribution < 1.29 is 0 Å². The summed E-state index contributed by atoms with van der Waals surface area (Å²) in [7, 11) is 1.68. The third-order valence-electron chi connectivity index (χ3n) is 3.93. The lowest BCUT2D eigenvalue weighted by atomic mass is 10.4. The summed E-state index contributed by atoms with van der Waals surface area (Å²) in [5.41, 5.74) is 7.85. The molecule has 0 amide bonds. The van der Waals surface area contributed by atoms with Gasteiger partial charge in [0.15, 0.2) is 21.5 Å². The first-order chi connectivity index (χ1) is 13.4. The number of rotatable bonds is 6. The maximum absolute atomic E-state index is 13.1. The second-order valence-corrected chi connectivity index (χ2v) is 7.06. The molecule has 10 heteroatoms. The van der Waals surface area contributed by atoms with Gasteiger partial charge < -0.3 is 11.1 Å². The second kappa shape index (κ2) is 8.41. The van der Waals surface area contributed by atoms with E-state index in [1.807, 2.05) is 19.9 Å².